The van der Waals surface area contributed by atoms with Gasteiger partial charge in [0.25, 0.3) is 0 Å². The van der Waals surface area contributed by atoms with Crippen LogP contribution in [0.2, 0.25) is 0 Å². The van der Waals surface area contributed by atoms with Crippen LogP contribution < -0.4 is 4.90 Å². The lowest BCUT2D eigenvalue weighted by Crippen LogP contribution is -2.38. The Balaban J connectivity index is 1.87. The van der Waals surface area contributed by atoms with Gasteiger partial charge in [-0.2, -0.15) is 0 Å². The number of amides is 1. The summed E-state index contributed by atoms with van der Waals surface area (Å²) in [6, 6.07) is 7.49. The van der Waals surface area contributed by atoms with Crippen molar-refractivity contribution in [3.63, 3.8) is 0 Å². The van der Waals surface area contributed by atoms with Crippen LogP contribution in [0.25, 0.3) is 0 Å². The molecule has 0 spiro atoms. The quantitative estimate of drug-likeness (QED) is 0.782. The van der Waals surface area contributed by atoms with E-state index >= 15 is 0 Å². The molecule has 2 aromatic rings. The van der Waals surface area contributed by atoms with Crippen LogP contribution in [0.1, 0.15) is 63.7 Å². The van der Waals surface area contributed by atoms with Crippen molar-refractivity contribution in [3.8, 4) is 0 Å². The molecule has 1 aliphatic rings. The highest BCUT2D eigenvalue weighted by Crippen LogP contribution is 2.32. The Morgan fingerprint density at radius 3 is 2.42 bits per heavy atom. The van der Waals surface area contributed by atoms with E-state index in [4.69, 9.17) is 4.42 Å². The zero-order chi connectivity index (χ0) is 16.8. The van der Waals surface area contributed by atoms with Crippen molar-refractivity contribution >= 4 is 11.6 Å². The summed E-state index contributed by atoms with van der Waals surface area (Å²) in [5.74, 6) is 1.13. The van der Waals surface area contributed by atoms with Crippen molar-refractivity contribution in [1.82, 2.24) is 4.98 Å². The number of carbonyl (C=O) groups excluding carboxylic acids is 1. The van der Waals surface area contributed by atoms with Gasteiger partial charge < -0.3 is 9.32 Å². The molecular weight excluding hydrogens is 300 g/mol. The first-order valence-electron chi connectivity index (χ1n) is 9.04. The third-order valence-electron chi connectivity index (χ3n) is 4.97. The standard InChI is InChI=1S/C20H26N2O2/c1-16(19-10-7-15-24-19)22(18-11-13-21-14-12-18)20(23)17-8-5-3-2-4-6-9-17/h7,10-17H,2-6,8-9H2,1H3. The summed E-state index contributed by atoms with van der Waals surface area (Å²) in [5, 5.41) is 0. The predicted molar refractivity (Wildman–Crippen MR) is 94.7 cm³/mol. The lowest BCUT2D eigenvalue weighted by molar-refractivity contribution is -0.123. The molecule has 0 aliphatic heterocycles. The number of furan rings is 1. The summed E-state index contributed by atoms with van der Waals surface area (Å²) < 4.78 is 5.57. The minimum absolute atomic E-state index is 0.107. The van der Waals surface area contributed by atoms with Crippen molar-refractivity contribution in [1.29, 1.82) is 0 Å². The average Bonchev–Trinajstić information content (AvgIpc) is 3.10. The van der Waals surface area contributed by atoms with Gasteiger partial charge in [-0.15, -0.1) is 0 Å². The molecule has 2 heterocycles. The van der Waals surface area contributed by atoms with Gasteiger partial charge in [0.1, 0.15) is 5.76 Å². The van der Waals surface area contributed by atoms with Crippen LogP contribution in [-0.2, 0) is 4.79 Å². The molecule has 4 nitrogen and oxygen atoms in total. The first-order chi connectivity index (χ1) is 11.8. The van der Waals surface area contributed by atoms with E-state index in [0.717, 1.165) is 37.1 Å². The lowest BCUT2D eigenvalue weighted by atomic mass is 9.89. The molecule has 0 N–H and O–H groups in total. The summed E-state index contributed by atoms with van der Waals surface area (Å²) in [6.45, 7) is 2.03. The molecule has 1 unspecified atom stereocenters. The maximum absolute atomic E-state index is 13.4. The first-order valence-corrected chi connectivity index (χ1v) is 9.04. The van der Waals surface area contributed by atoms with Gasteiger partial charge in [0, 0.05) is 24.0 Å². The topological polar surface area (TPSA) is 46.3 Å². The van der Waals surface area contributed by atoms with E-state index in [1.807, 2.05) is 36.1 Å². The summed E-state index contributed by atoms with van der Waals surface area (Å²) in [5.41, 5.74) is 0.890. The molecule has 0 bridgehead atoms. The summed E-state index contributed by atoms with van der Waals surface area (Å²) in [4.78, 5) is 19.3. The summed E-state index contributed by atoms with van der Waals surface area (Å²) >= 11 is 0. The number of aromatic nitrogens is 1. The highest BCUT2D eigenvalue weighted by atomic mass is 16.3. The zero-order valence-electron chi connectivity index (χ0n) is 14.4. The van der Waals surface area contributed by atoms with Crippen molar-refractivity contribution in [2.24, 2.45) is 5.92 Å². The highest BCUT2D eigenvalue weighted by Gasteiger charge is 2.30. The third-order valence-corrected chi connectivity index (χ3v) is 4.97. The van der Waals surface area contributed by atoms with Gasteiger partial charge in [0.2, 0.25) is 5.91 Å². The Hall–Kier alpha value is -2.10. The van der Waals surface area contributed by atoms with E-state index in [1.165, 1.54) is 19.3 Å². The Kier molecular flexibility index (Phi) is 5.68. The molecule has 1 atom stereocenters. The SMILES string of the molecule is CC(c1ccco1)N(C(=O)C1CCCCCCC1)c1ccncc1. The third kappa shape index (κ3) is 3.86. The van der Waals surface area contributed by atoms with Gasteiger partial charge in [0.15, 0.2) is 0 Å². The molecule has 0 saturated heterocycles. The van der Waals surface area contributed by atoms with Gasteiger partial charge in [0.05, 0.1) is 12.3 Å². The molecule has 4 heteroatoms. The Morgan fingerprint density at radius 1 is 1.12 bits per heavy atom. The number of pyridine rings is 1. The molecule has 0 aromatic carbocycles. The van der Waals surface area contributed by atoms with E-state index in [0.29, 0.717) is 0 Å². The van der Waals surface area contributed by atoms with Crippen molar-refractivity contribution in [2.45, 2.75) is 57.9 Å². The molecular formula is C20H26N2O2. The van der Waals surface area contributed by atoms with Gasteiger partial charge in [-0.1, -0.05) is 32.1 Å². The van der Waals surface area contributed by atoms with Gasteiger partial charge in [-0.05, 0) is 44.0 Å². The highest BCUT2D eigenvalue weighted by molar-refractivity contribution is 5.95. The fraction of sp³-hybridized carbons (Fsp3) is 0.500. The number of hydrogen-bond acceptors (Lipinski definition) is 3. The molecule has 128 valence electrons. The van der Waals surface area contributed by atoms with E-state index in [9.17, 15) is 4.79 Å². The molecule has 1 fully saturated rings. The minimum atomic E-state index is -0.125. The molecule has 0 radical (unpaired) electrons. The Morgan fingerprint density at radius 2 is 1.79 bits per heavy atom. The van der Waals surface area contributed by atoms with Crippen LogP contribution in [0.4, 0.5) is 5.69 Å². The van der Waals surface area contributed by atoms with Crippen molar-refractivity contribution < 1.29 is 9.21 Å². The van der Waals surface area contributed by atoms with Crippen LogP contribution in [0.15, 0.2) is 47.3 Å². The molecule has 24 heavy (non-hydrogen) atoms. The predicted octanol–water partition coefficient (Wildman–Crippen LogP) is 5.13. The molecule has 1 saturated carbocycles. The molecule has 1 amide bonds. The maximum Gasteiger partial charge on any atom is 0.230 e. The second kappa shape index (κ2) is 8.13. The number of carbonyl (C=O) groups is 1. The van der Waals surface area contributed by atoms with Gasteiger partial charge in [-0.25, -0.2) is 0 Å². The molecule has 2 aromatic heterocycles. The average molecular weight is 326 g/mol. The second-order valence-electron chi connectivity index (χ2n) is 6.65. The van der Waals surface area contributed by atoms with Crippen LogP contribution >= 0.6 is 0 Å². The summed E-state index contributed by atoms with van der Waals surface area (Å²) in [7, 11) is 0. The molecule has 3 rings (SSSR count). The van der Waals surface area contributed by atoms with Gasteiger partial charge >= 0.3 is 0 Å². The van der Waals surface area contributed by atoms with Crippen LogP contribution in [-0.4, -0.2) is 10.9 Å². The monoisotopic (exact) mass is 326 g/mol. The number of anilines is 1. The van der Waals surface area contributed by atoms with E-state index in [1.54, 1.807) is 18.7 Å². The largest absolute Gasteiger partial charge is 0.467 e. The smallest absolute Gasteiger partial charge is 0.230 e. The van der Waals surface area contributed by atoms with Gasteiger partial charge in [-0.3, -0.25) is 9.78 Å². The van der Waals surface area contributed by atoms with E-state index in [2.05, 4.69) is 4.98 Å². The number of hydrogen-bond donors (Lipinski definition) is 0. The lowest BCUT2D eigenvalue weighted by Gasteiger charge is -2.32. The Labute approximate surface area is 143 Å². The zero-order valence-corrected chi connectivity index (χ0v) is 14.4. The molecule has 1 aliphatic carbocycles. The Bertz CT molecular complexity index is 616. The van der Waals surface area contributed by atoms with E-state index < -0.39 is 0 Å². The minimum Gasteiger partial charge on any atom is -0.467 e. The normalized spacial score (nSPS) is 17.7. The number of nitrogens with zero attached hydrogens (tertiary/aromatic N) is 2. The van der Waals surface area contributed by atoms with Crippen molar-refractivity contribution in [3.05, 3.63) is 48.7 Å². The van der Waals surface area contributed by atoms with Crippen LogP contribution in [0, 0.1) is 5.92 Å². The maximum atomic E-state index is 13.4. The number of rotatable bonds is 4. The fourth-order valence-electron chi connectivity index (χ4n) is 3.60. The first kappa shape index (κ1) is 16.7. The summed E-state index contributed by atoms with van der Waals surface area (Å²) in [6.07, 6.45) is 13.2. The fourth-order valence-corrected chi connectivity index (χ4v) is 3.60. The van der Waals surface area contributed by atoms with Crippen LogP contribution in [0.3, 0.4) is 0 Å². The van der Waals surface area contributed by atoms with Crippen molar-refractivity contribution in [2.75, 3.05) is 4.90 Å². The van der Waals surface area contributed by atoms with Crippen LogP contribution in [0.5, 0.6) is 0 Å². The second-order valence-corrected chi connectivity index (χ2v) is 6.65. The van der Waals surface area contributed by atoms with E-state index in [-0.39, 0.29) is 17.9 Å².